The van der Waals surface area contributed by atoms with E-state index in [0.717, 1.165) is 55.1 Å². The molecule has 1 saturated heterocycles. The van der Waals surface area contributed by atoms with Gasteiger partial charge in [-0.1, -0.05) is 6.08 Å². The highest BCUT2D eigenvalue weighted by Crippen LogP contribution is 2.25. The van der Waals surface area contributed by atoms with Crippen molar-refractivity contribution in [1.82, 2.24) is 19.9 Å². The van der Waals surface area contributed by atoms with Crippen LogP contribution in [0.15, 0.2) is 36.7 Å². The third-order valence-corrected chi connectivity index (χ3v) is 5.30. The smallest absolute Gasteiger partial charge is 0.156 e. The molecule has 2 aromatic heterocycles. The van der Waals surface area contributed by atoms with E-state index in [-0.39, 0.29) is 0 Å². The molecule has 0 bridgehead atoms. The van der Waals surface area contributed by atoms with E-state index in [0.29, 0.717) is 0 Å². The van der Waals surface area contributed by atoms with E-state index < -0.39 is 0 Å². The van der Waals surface area contributed by atoms with Crippen LogP contribution >= 0.6 is 0 Å². The van der Waals surface area contributed by atoms with Crippen molar-refractivity contribution < 1.29 is 4.74 Å². The van der Waals surface area contributed by atoms with Gasteiger partial charge in [0.25, 0.3) is 0 Å². The summed E-state index contributed by atoms with van der Waals surface area (Å²) in [5.74, 6) is 1.57. The SMILES string of the molecule is Cc1nc(-c2cc(C3=CC=CN(CC4CCOCC4)C3)ccn2)[nH]c1C. The summed E-state index contributed by atoms with van der Waals surface area (Å²) >= 11 is 0. The molecule has 2 aliphatic heterocycles. The third-order valence-electron chi connectivity index (χ3n) is 5.30. The van der Waals surface area contributed by atoms with Gasteiger partial charge in [0.15, 0.2) is 5.82 Å². The Balaban J connectivity index is 1.49. The molecule has 1 N–H and O–H groups in total. The van der Waals surface area contributed by atoms with Gasteiger partial charge >= 0.3 is 0 Å². The van der Waals surface area contributed by atoms with Gasteiger partial charge in [-0.3, -0.25) is 4.98 Å². The van der Waals surface area contributed by atoms with Gasteiger partial charge in [-0.2, -0.15) is 0 Å². The van der Waals surface area contributed by atoms with Crippen LogP contribution in [0.25, 0.3) is 17.1 Å². The molecule has 4 rings (SSSR count). The summed E-state index contributed by atoms with van der Waals surface area (Å²) in [5.41, 5.74) is 5.54. The van der Waals surface area contributed by atoms with Crippen LogP contribution in [0.3, 0.4) is 0 Å². The number of rotatable bonds is 4. The number of aromatic amines is 1. The van der Waals surface area contributed by atoms with Crippen LogP contribution in [0.1, 0.15) is 29.8 Å². The Morgan fingerprint density at radius 1 is 1.27 bits per heavy atom. The van der Waals surface area contributed by atoms with E-state index in [1.807, 2.05) is 20.0 Å². The van der Waals surface area contributed by atoms with Crippen LogP contribution in [-0.2, 0) is 4.74 Å². The lowest BCUT2D eigenvalue weighted by molar-refractivity contribution is 0.0588. The van der Waals surface area contributed by atoms with Crippen molar-refractivity contribution in [3.05, 3.63) is 53.6 Å². The largest absolute Gasteiger partial charge is 0.381 e. The lowest BCUT2D eigenvalue weighted by Crippen LogP contribution is -2.31. The van der Waals surface area contributed by atoms with Crippen LogP contribution in [0, 0.1) is 19.8 Å². The fourth-order valence-corrected chi connectivity index (χ4v) is 3.61. The lowest BCUT2D eigenvalue weighted by atomic mass is 9.98. The molecule has 136 valence electrons. The van der Waals surface area contributed by atoms with Gasteiger partial charge in [0.1, 0.15) is 5.69 Å². The second kappa shape index (κ2) is 7.46. The number of H-pyrrole nitrogens is 1. The van der Waals surface area contributed by atoms with Gasteiger partial charge in [-0.05, 0) is 68.2 Å². The highest BCUT2D eigenvalue weighted by molar-refractivity contribution is 5.72. The van der Waals surface area contributed by atoms with Gasteiger partial charge < -0.3 is 14.6 Å². The second-order valence-electron chi connectivity index (χ2n) is 7.24. The van der Waals surface area contributed by atoms with Crippen LogP contribution in [-0.4, -0.2) is 46.2 Å². The zero-order valence-electron chi connectivity index (χ0n) is 15.5. The number of allylic oxidation sites excluding steroid dienone is 2. The van der Waals surface area contributed by atoms with E-state index in [2.05, 4.69) is 50.3 Å². The summed E-state index contributed by atoms with van der Waals surface area (Å²) in [6.45, 7) is 7.90. The molecule has 5 heteroatoms. The Labute approximate surface area is 154 Å². The number of aryl methyl sites for hydroxylation is 2. The van der Waals surface area contributed by atoms with Gasteiger partial charge in [0, 0.05) is 38.2 Å². The molecule has 0 atom stereocenters. The van der Waals surface area contributed by atoms with Gasteiger partial charge in [0.05, 0.1) is 5.69 Å². The zero-order chi connectivity index (χ0) is 17.9. The molecule has 0 spiro atoms. The number of hydrogen-bond acceptors (Lipinski definition) is 4. The fourth-order valence-electron chi connectivity index (χ4n) is 3.61. The minimum atomic E-state index is 0.731. The summed E-state index contributed by atoms with van der Waals surface area (Å²) in [6, 6.07) is 4.22. The minimum absolute atomic E-state index is 0.731. The number of hydrogen-bond donors (Lipinski definition) is 1. The molecule has 0 amide bonds. The van der Waals surface area contributed by atoms with Crippen molar-refractivity contribution in [1.29, 1.82) is 0 Å². The van der Waals surface area contributed by atoms with Crippen molar-refractivity contribution in [3.8, 4) is 11.5 Å². The molecule has 4 heterocycles. The summed E-state index contributed by atoms with van der Waals surface area (Å²) in [7, 11) is 0. The molecule has 26 heavy (non-hydrogen) atoms. The predicted octanol–water partition coefficient (Wildman–Crippen LogP) is 3.73. The number of imidazole rings is 1. The molecular weight excluding hydrogens is 324 g/mol. The maximum atomic E-state index is 5.48. The van der Waals surface area contributed by atoms with E-state index in [4.69, 9.17) is 4.74 Å². The molecule has 1 fully saturated rings. The maximum Gasteiger partial charge on any atom is 0.156 e. The van der Waals surface area contributed by atoms with Crippen molar-refractivity contribution in [2.24, 2.45) is 5.92 Å². The molecule has 2 aromatic rings. The summed E-state index contributed by atoms with van der Waals surface area (Å²) in [4.78, 5) is 14.8. The number of nitrogens with zero attached hydrogens (tertiary/aromatic N) is 3. The number of aromatic nitrogens is 3. The average molecular weight is 350 g/mol. The topological polar surface area (TPSA) is 54.0 Å². The Kier molecular flexibility index (Phi) is 4.89. The summed E-state index contributed by atoms with van der Waals surface area (Å²) < 4.78 is 5.48. The van der Waals surface area contributed by atoms with Crippen LogP contribution in [0.2, 0.25) is 0 Å². The van der Waals surface area contributed by atoms with E-state index in [1.165, 1.54) is 24.0 Å². The molecular formula is C21H26N4O. The Hall–Kier alpha value is -2.40. The first-order valence-electron chi connectivity index (χ1n) is 9.38. The fraction of sp³-hybridized carbons (Fsp3) is 0.429. The van der Waals surface area contributed by atoms with E-state index >= 15 is 0 Å². The Bertz CT molecular complexity index is 811. The van der Waals surface area contributed by atoms with Crippen molar-refractivity contribution in [2.45, 2.75) is 26.7 Å². The average Bonchev–Trinajstić information content (AvgIpc) is 3.02. The standard InChI is InChI=1S/C21H26N4O/c1-15-16(2)24-21(23-15)20-12-18(5-8-22-20)19-4-3-9-25(14-19)13-17-6-10-26-11-7-17/h3-5,8-9,12,17H,6-7,10-11,13-14H2,1-2H3,(H,23,24). The molecule has 0 aliphatic carbocycles. The first-order chi connectivity index (χ1) is 12.7. The molecule has 0 radical (unpaired) electrons. The summed E-state index contributed by atoms with van der Waals surface area (Å²) in [6.07, 6.45) is 10.8. The Morgan fingerprint density at radius 2 is 2.12 bits per heavy atom. The van der Waals surface area contributed by atoms with Crippen LogP contribution < -0.4 is 0 Å². The van der Waals surface area contributed by atoms with Gasteiger partial charge in [-0.15, -0.1) is 0 Å². The molecule has 0 saturated carbocycles. The normalized spacial score (nSPS) is 18.2. The Morgan fingerprint density at radius 3 is 2.88 bits per heavy atom. The molecule has 0 unspecified atom stereocenters. The van der Waals surface area contributed by atoms with E-state index in [1.54, 1.807) is 0 Å². The lowest BCUT2D eigenvalue weighted by Gasteiger charge is -2.31. The highest BCUT2D eigenvalue weighted by atomic mass is 16.5. The van der Waals surface area contributed by atoms with E-state index in [9.17, 15) is 0 Å². The zero-order valence-corrected chi connectivity index (χ0v) is 15.5. The van der Waals surface area contributed by atoms with Crippen molar-refractivity contribution in [2.75, 3.05) is 26.3 Å². The quantitative estimate of drug-likeness (QED) is 0.913. The van der Waals surface area contributed by atoms with Crippen LogP contribution in [0.5, 0.6) is 0 Å². The third kappa shape index (κ3) is 3.73. The minimum Gasteiger partial charge on any atom is -0.381 e. The molecule has 5 nitrogen and oxygen atoms in total. The first-order valence-corrected chi connectivity index (χ1v) is 9.38. The van der Waals surface area contributed by atoms with Gasteiger partial charge in [-0.25, -0.2) is 4.98 Å². The van der Waals surface area contributed by atoms with Crippen LogP contribution in [0.4, 0.5) is 0 Å². The maximum absolute atomic E-state index is 5.48. The second-order valence-corrected chi connectivity index (χ2v) is 7.24. The highest BCUT2D eigenvalue weighted by Gasteiger charge is 2.18. The van der Waals surface area contributed by atoms with Crippen molar-refractivity contribution in [3.63, 3.8) is 0 Å². The predicted molar refractivity (Wildman–Crippen MR) is 104 cm³/mol. The first kappa shape index (κ1) is 17.0. The summed E-state index contributed by atoms with van der Waals surface area (Å²) in [5, 5.41) is 0. The monoisotopic (exact) mass is 350 g/mol. The molecule has 0 aromatic carbocycles. The number of nitrogens with one attached hydrogen (secondary N) is 1. The van der Waals surface area contributed by atoms with Crippen molar-refractivity contribution >= 4 is 5.57 Å². The molecule has 2 aliphatic rings. The number of pyridine rings is 1. The number of ether oxygens (including phenoxy) is 1. The van der Waals surface area contributed by atoms with Gasteiger partial charge in [0.2, 0.25) is 0 Å².